The van der Waals surface area contributed by atoms with E-state index in [1.165, 1.54) is 6.07 Å². The Labute approximate surface area is 70.4 Å². The van der Waals surface area contributed by atoms with Gasteiger partial charge < -0.3 is 11.5 Å². The van der Waals surface area contributed by atoms with Crippen LogP contribution in [0, 0.1) is 5.82 Å². The van der Waals surface area contributed by atoms with Gasteiger partial charge in [0.05, 0.1) is 0 Å². The molecule has 0 aliphatic heterocycles. The highest BCUT2D eigenvalue weighted by Crippen LogP contribution is 2.45. The number of nitrogen functional groups attached to an aromatic ring is 1. The summed E-state index contributed by atoms with van der Waals surface area (Å²) in [6.45, 7) is 0. The Balaban J connectivity index is 2.55. The maximum Gasteiger partial charge on any atom is 0.130 e. The molecule has 1 aliphatic carbocycles. The van der Waals surface area contributed by atoms with Crippen molar-refractivity contribution in [2.24, 2.45) is 5.73 Å². The Morgan fingerprint density at radius 2 is 2.00 bits per heavy atom. The number of hydrogen-bond donors (Lipinski definition) is 2. The van der Waals surface area contributed by atoms with Gasteiger partial charge in [0, 0.05) is 16.8 Å². The van der Waals surface area contributed by atoms with Crippen molar-refractivity contribution in [3.63, 3.8) is 0 Å². The number of rotatable bonds is 1. The Bertz CT molecular complexity index is 298. The van der Waals surface area contributed by atoms with Crippen molar-refractivity contribution in [1.82, 2.24) is 0 Å². The van der Waals surface area contributed by atoms with Crippen LogP contribution in [0.3, 0.4) is 0 Å². The van der Waals surface area contributed by atoms with Gasteiger partial charge in [0.2, 0.25) is 0 Å². The minimum atomic E-state index is -0.477. The molecule has 0 atom stereocenters. The van der Waals surface area contributed by atoms with Crippen LogP contribution in [-0.2, 0) is 5.54 Å². The van der Waals surface area contributed by atoms with Crippen LogP contribution in [-0.4, -0.2) is 0 Å². The van der Waals surface area contributed by atoms with E-state index < -0.39 is 5.54 Å². The number of anilines is 1. The van der Waals surface area contributed by atoms with Crippen LogP contribution in [0.5, 0.6) is 0 Å². The van der Waals surface area contributed by atoms with Crippen LogP contribution in [0.25, 0.3) is 0 Å². The fraction of sp³-hybridized carbons (Fsp3) is 0.333. The molecule has 1 aromatic rings. The monoisotopic (exact) mass is 166 g/mol. The summed E-state index contributed by atoms with van der Waals surface area (Å²) in [5.41, 5.74) is 12.0. The van der Waals surface area contributed by atoms with Gasteiger partial charge in [-0.15, -0.1) is 0 Å². The van der Waals surface area contributed by atoms with E-state index >= 15 is 0 Å². The summed E-state index contributed by atoms with van der Waals surface area (Å²) in [6, 6.07) is 4.68. The van der Waals surface area contributed by atoms with Crippen molar-refractivity contribution < 1.29 is 4.39 Å². The van der Waals surface area contributed by atoms with Crippen molar-refractivity contribution in [3.05, 3.63) is 29.6 Å². The highest BCUT2D eigenvalue weighted by molar-refractivity contribution is 5.53. The first kappa shape index (κ1) is 7.55. The smallest absolute Gasteiger partial charge is 0.130 e. The summed E-state index contributed by atoms with van der Waals surface area (Å²) in [4.78, 5) is 0. The lowest BCUT2D eigenvalue weighted by Crippen LogP contribution is -2.22. The van der Waals surface area contributed by atoms with Gasteiger partial charge in [-0.1, -0.05) is 6.07 Å². The summed E-state index contributed by atoms with van der Waals surface area (Å²) < 4.78 is 13.2. The maximum atomic E-state index is 13.2. The van der Waals surface area contributed by atoms with E-state index in [1.54, 1.807) is 12.1 Å². The molecule has 1 fully saturated rings. The molecule has 2 nitrogen and oxygen atoms in total. The zero-order valence-corrected chi connectivity index (χ0v) is 6.68. The first-order valence-electron chi connectivity index (χ1n) is 3.97. The summed E-state index contributed by atoms with van der Waals surface area (Å²) in [7, 11) is 0. The molecule has 0 aromatic heterocycles. The van der Waals surface area contributed by atoms with E-state index in [9.17, 15) is 4.39 Å². The summed E-state index contributed by atoms with van der Waals surface area (Å²) in [5.74, 6) is -0.282. The Kier molecular flexibility index (Phi) is 1.38. The summed E-state index contributed by atoms with van der Waals surface area (Å²) in [5, 5.41) is 0. The molecule has 4 N–H and O–H groups in total. The molecule has 1 saturated carbocycles. The number of nitrogens with two attached hydrogens (primary N) is 2. The van der Waals surface area contributed by atoms with E-state index in [-0.39, 0.29) is 5.82 Å². The van der Waals surface area contributed by atoms with Crippen LogP contribution in [0.15, 0.2) is 18.2 Å². The highest BCUT2D eigenvalue weighted by atomic mass is 19.1. The molecule has 0 amide bonds. The van der Waals surface area contributed by atoms with Crippen molar-refractivity contribution in [2.75, 3.05) is 5.73 Å². The molecule has 0 spiro atoms. The van der Waals surface area contributed by atoms with Gasteiger partial charge in [-0.3, -0.25) is 0 Å². The lowest BCUT2D eigenvalue weighted by molar-refractivity contribution is 0.580. The number of halogens is 1. The average molecular weight is 166 g/mol. The van der Waals surface area contributed by atoms with E-state index in [4.69, 9.17) is 11.5 Å². The van der Waals surface area contributed by atoms with Crippen LogP contribution < -0.4 is 11.5 Å². The molecule has 3 heteroatoms. The molecule has 12 heavy (non-hydrogen) atoms. The topological polar surface area (TPSA) is 52.0 Å². The van der Waals surface area contributed by atoms with Gasteiger partial charge in [-0.05, 0) is 25.0 Å². The fourth-order valence-corrected chi connectivity index (χ4v) is 1.45. The van der Waals surface area contributed by atoms with Crippen molar-refractivity contribution in [2.45, 2.75) is 18.4 Å². The molecule has 1 aliphatic rings. The number of benzene rings is 1. The highest BCUT2D eigenvalue weighted by Gasteiger charge is 2.43. The predicted molar refractivity (Wildman–Crippen MR) is 45.9 cm³/mol. The number of hydrogen-bond acceptors (Lipinski definition) is 2. The van der Waals surface area contributed by atoms with Gasteiger partial charge in [0.15, 0.2) is 0 Å². The third-order valence-electron chi connectivity index (χ3n) is 2.33. The molecule has 0 unspecified atom stereocenters. The van der Waals surface area contributed by atoms with Gasteiger partial charge in [-0.2, -0.15) is 0 Å². The second-order valence-corrected chi connectivity index (χ2v) is 3.36. The summed E-state index contributed by atoms with van der Waals surface area (Å²) in [6.07, 6.45) is 1.66. The van der Waals surface area contributed by atoms with Crippen LogP contribution in [0.4, 0.5) is 10.1 Å². The molecule has 2 rings (SSSR count). The normalized spacial score (nSPS) is 19.2. The molecule has 0 heterocycles. The molecule has 1 aromatic carbocycles. The zero-order valence-electron chi connectivity index (χ0n) is 6.68. The van der Waals surface area contributed by atoms with Crippen LogP contribution in [0.2, 0.25) is 0 Å². The van der Waals surface area contributed by atoms with E-state index in [0.717, 1.165) is 12.8 Å². The lowest BCUT2D eigenvalue weighted by atomic mass is 10.0. The van der Waals surface area contributed by atoms with E-state index in [1.807, 2.05) is 0 Å². The van der Waals surface area contributed by atoms with Gasteiger partial charge in [-0.25, -0.2) is 4.39 Å². The zero-order chi connectivity index (χ0) is 8.77. The minimum Gasteiger partial charge on any atom is -0.398 e. The quantitative estimate of drug-likeness (QED) is 0.619. The molecular weight excluding hydrogens is 155 g/mol. The Hall–Kier alpha value is -1.09. The Morgan fingerprint density at radius 3 is 2.50 bits per heavy atom. The second-order valence-electron chi connectivity index (χ2n) is 3.36. The van der Waals surface area contributed by atoms with Crippen LogP contribution >= 0.6 is 0 Å². The third kappa shape index (κ3) is 0.975. The first-order valence-corrected chi connectivity index (χ1v) is 3.97. The van der Waals surface area contributed by atoms with Gasteiger partial charge in [0.25, 0.3) is 0 Å². The van der Waals surface area contributed by atoms with Crippen molar-refractivity contribution in [3.8, 4) is 0 Å². The lowest BCUT2D eigenvalue weighted by Gasteiger charge is -2.12. The van der Waals surface area contributed by atoms with Gasteiger partial charge >= 0.3 is 0 Å². The molecular formula is C9H11FN2. The van der Waals surface area contributed by atoms with Crippen LogP contribution in [0.1, 0.15) is 18.4 Å². The third-order valence-corrected chi connectivity index (χ3v) is 2.33. The SMILES string of the molecule is Nc1cccc(F)c1C1(N)CC1. The Morgan fingerprint density at radius 1 is 1.33 bits per heavy atom. The van der Waals surface area contributed by atoms with E-state index in [2.05, 4.69) is 0 Å². The maximum absolute atomic E-state index is 13.2. The van der Waals surface area contributed by atoms with Crippen molar-refractivity contribution >= 4 is 5.69 Å². The fourth-order valence-electron chi connectivity index (χ4n) is 1.45. The standard InChI is InChI=1S/C9H11FN2/c10-6-2-1-3-7(11)8(6)9(12)4-5-9/h1-3H,4-5,11-12H2. The molecule has 0 saturated heterocycles. The van der Waals surface area contributed by atoms with Gasteiger partial charge in [0.1, 0.15) is 5.82 Å². The minimum absolute atomic E-state index is 0.282. The molecule has 0 bridgehead atoms. The second kappa shape index (κ2) is 2.20. The largest absolute Gasteiger partial charge is 0.398 e. The first-order chi connectivity index (χ1) is 5.63. The predicted octanol–water partition coefficient (Wildman–Crippen LogP) is 1.36. The molecule has 0 radical (unpaired) electrons. The summed E-state index contributed by atoms with van der Waals surface area (Å²) >= 11 is 0. The van der Waals surface area contributed by atoms with Crippen molar-refractivity contribution in [1.29, 1.82) is 0 Å². The average Bonchev–Trinajstić information content (AvgIpc) is 2.68. The molecule has 64 valence electrons. The van der Waals surface area contributed by atoms with E-state index in [0.29, 0.717) is 11.3 Å².